The fourth-order valence-corrected chi connectivity index (χ4v) is 3.89. The topological polar surface area (TPSA) is 121 Å². The normalized spacial score (nSPS) is 16.9. The molecule has 1 aliphatic rings. The average Bonchev–Trinajstić information content (AvgIpc) is 2.89. The highest BCUT2D eigenvalue weighted by atomic mass is 32.2. The van der Waals surface area contributed by atoms with Gasteiger partial charge in [-0.05, 0) is 24.6 Å². The smallest absolute Gasteiger partial charge is 0.326 e. The molecule has 8 nitrogen and oxygen atoms in total. The molecule has 0 bridgehead atoms. The van der Waals surface area contributed by atoms with Gasteiger partial charge in [0.05, 0.1) is 27.8 Å². The van der Waals surface area contributed by atoms with Crippen molar-refractivity contribution >= 4 is 63.3 Å². The van der Waals surface area contributed by atoms with Crippen LogP contribution in [0.25, 0.3) is 17.1 Å². The first kappa shape index (κ1) is 18.9. The molecule has 2 heterocycles. The van der Waals surface area contributed by atoms with Gasteiger partial charge in [-0.15, -0.1) is 0 Å². The molecule has 10 heteroatoms. The molecule has 1 amide bonds. The summed E-state index contributed by atoms with van der Waals surface area (Å²) in [6, 6.07) is 5.93. The molecule has 27 heavy (non-hydrogen) atoms. The molecule has 3 rings (SSSR count). The first-order chi connectivity index (χ1) is 12.9. The van der Waals surface area contributed by atoms with Crippen molar-refractivity contribution < 1.29 is 24.6 Å². The minimum absolute atomic E-state index is 0.0674. The van der Waals surface area contributed by atoms with Gasteiger partial charge in [0, 0.05) is 6.42 Å². The minimum Gasteiger partial charge on any atom is -0.481 e. The number of nitrogens with zero attached hydrogens (tertiary/aromatic N) is 3. The van der Waals surface area contributed by atoms with E-state index in [9.17, 15) is 19.5 Å². The lowest BCUT2D eigenvalue weighted by molar-refractivity contribution is -0.146. The molecule has 1 fully saturated rings. The number of aliphatic carboxylic acids is 2. The summed E-state index contributed by atoms with van der Waals surface area (Å²) in [7, 11) is 0. The Labute approximate surface area is 162 Å². The van der Waals surface area contributed by atoms with Crippen LogP contribution in [-0.2, 0) is 14.4 Å². The second-order valence-electron chi connectivity index (χ2n) is 5.62. The predicted molar refractivity (Wildman–Crippen MR) is 103 cm³/mol. The predicted octanol–water partition coefficient (Wildman–Crippen LogP) is 2.15. The lowest BCUT2D eigenvalue weighted by Crippen LogP contribution is -2.44. The number of aromatic nitrogens is 2. The van der Waals surface area contributed by atoms with Gasteiger partial charge in [-0.1, -0.05) is 36.1 Å². The number of thiocarbonyl (C=S) groups is 1. The largest absolute Gasteiger partial charge is 0.481 e. The third-order valence-corrected chi connectivity index (χ3v) is 5.13. The molecule has 1 aromatic heterocycles. The Morgan fingerprint density at radius 1 is 1.26 bits per heavy atom. The number of carbonyl (C=O) groups is 3. The number of carbonyl (C=O) groups excluding carboxylic acids is 1. The van der Waals surface area contributed by atoms with Crippen molar-refractivity contribution in [3.05, 3.63) is 41.1 Å². The maximum atomic E-state index is 12.7. The highest BCUT2D eigenvalue weighted by molar-refractivity contribution is 8.26. The number of hydrogen-bond acceptors (Lipinski definition) is 7. The van der Waals surface area contributed by atoms with Gasteiger partial charge in [0.1, 0.15) is 10.4 Å². The van der Waals surface area contributed by atoms with Crippen LogP contribution < -0.4 is 0 Å². The van der Waals surface area contributed by atoms with Gasteiger partial charge < -0.3 is 10.2 Å². The van der Waals surface area contributed by atoms with Crippen LogP contribution in [0.2, 0.25) is 0 Å². The maximum Gasteiger partial charge on any atom is 0.326 e. The lowest BCUT2D eigenvalue weighted by Gasteiger charge is -2.22. The quantitative estimate of drug-likeness (QED) is 0.552. The van der Waals surface area contributed by atoms with E-state index in [1.54, 1.807) is 6.07 Å². The van der Waals surface area contributed by atoms with Gasteiger partial charge in [-0.2, -0.15) is 0 Å². The van der Waals surface area contributed by atoms with Gasteiger partial charge in [-0.25, -0.2) is 9.78 Å². The van der Waals surface area contributed by atoms with Crippen LogP contribution in [-0.4, -0.2) is 53.3 Å². The van der Waals surface area contributed by atoms with Crippen molar-refractivity contribution in [2.45, 2.75) is 18.9 Å². The monoisotopic (exact) mass is 403 g/mol. The van der Waals surface area contributed by atoms with Crippen molar-refractivity contribution in [1.29, 1.82) is 0 Å². The zero-order chi connectivity index (χ0) is 19.6. The molecule has 2 N–H and O–H groups in total. The molecular weight excluding hydrogens is 390 g/mol. The number of amides is 1. The number of benzene rings is 1. The summed E-state index contributed by atoms with van der Waals surface area (Å²) in [5.74, 6) is -3.04. The van der Waals surface area contributed by atoms with E-state index in [4.69, 9.17) is 17.3 Å². The third-order valence-electron chi connectivity index (χ3n) is 3.80. The number of carboxylic acids is 2. The SMILES string of the molecule is O=C(O)CCC(C(=O)O)N1C(=O)/C(=C/c2cnc3ccccc3n2)SC1=S. The van der Waals surface area contributed by atoms with Crippen molar-refractivity contribution in [3.8, 4) is 0 Å². The van der Waals surface area contributed by atoms with E-state index in [0.717, 1.165) is 16.7 Å². The first-order valence-electron chi connectivity index (χ1n) is 7.80. The molecule has 1 atom stereocenters. The fourth-order valence-electron chi connectivity index (χ4n) is 2.55. The summed E-state index contributed by atoms with van der Waals surface area (Å²) in [4.78, 5) is 44.8. The van der Waals surface area contributed by atoms with Crippen LogP contribution in [0.1, 0.15) is 18.5 Å². The van der Waals surface area contributed by atoms with E-state index in [0.29, 0.717) is 16.7 Å². The molecular formula is C17H13N3O5S2. The second kappa shape index (κ2) is 7.80. The first-order valence-corrected chi connectivity index (χ1v) is 9.02. The summed E-state index contributed by atoms with van der Waals surface area (Å²) >= 11 is 6.10. The lowest BCUT2D eigenvalue weighted by atomic mass is 10.1. The Hall–Kier alpha value is -2.85. The highest BCUT2D eigenvalue weighted by Gasteiger charge is 2.40. The maximum absolute atomic E-state index is 12.7. The fraction of sp³-hybridized carbons (Fsp3) is 0.176. The molecule has 2 aromatic rings. The van der Waals surface area contributed by atoms with Gasteiger partial charge in [0.15, 0.2) is 0 Å². The zero-order valence-electron chi connectivity index (χ0n) is 13.7. The Balaban J connectivity index is 1.88. The zero-order valence-corrected chi connectivity index (χ0v) is 15.4. The van der Waals surface area contributed by atoms with Gasteiger partial charge in [0.2, 0.25) is 0 Å². The molecule has 1 aliphatic heterocycles. The van der Waals surface area contributed by atoms with Crippen molar-refractivity contribution in [2.24, 2.45) is 0 Å². The van der Waals surface area contributed by atoms with Crippen molar-refractivity contribution in [3.63, 3.8) is 0 Å². The third kappa shape index (κ3) is 4.12. The standard InChI is InChI=1S/C17H13N3O5S2/c21-14(22)6-5-12(16(24)25)20-15(23)13(27-17(20)26)7-9-8-18-10-3-1-2-4-11(10)19-9/h1-4,7-8,12H,5-6H2,(H,21,22)(H,24,25)/b13-7-. The average molecular weight is 403 g/mol. The van der Waals surface area contributed by atoms with E-state index >= 15 is 0 Å². The van der Waals surface area contributed by atoms with Crippen LogP contribution in [0.15, 0.2) is 35.4 Å². The Morgan fingerprint density at radius 3 is 2.63 bits per heavy atom. The molecule has 0 aliphatic carbocycles. The van der Waals surface area contributed by atoms with Crippen LogP contribution in [0.4, 0.5) is 0 Å². The Kier molecular flexibility index (Phi) is 5.47. The van der Waals surface area contributed by atoms with Gasteiger partial charge >= 0.3 is 11.9 Å². The molecule has 1 saturated heterocycles. The molecule has 138 valence electrons. The minimum atomic E-state index is -1.33. The van der Waals surface area contributed by atoms with Crippen LogP contribution in [0, 0.1) is 0 Å². The molecule has 0 spiro atoms. The summed E-state index contributed by atoms with van der Waals surface area (Å²) < 4.78 is 0.0674. The van der Waals surface area contributed by atoms with Crippen LogP contribution in [0.3, 0.4) is 0 Å². The van der Waals surface area contributed by atoms with Crippen molar-refractivity contribution in [2.75, 3.05) is 0 Å². The van der Waals surface area contributed by atoms with Gasteiger partial charge in [0.25, 0.3) is 5.91 Å². The number of hydrogen-bond donors (Lipinski definition) is 2. The van der Waals surface area contributed by atoms with Gasteiger partial charge in [-0.3, -0.25) is 19.5 Å². The van der Waals surface area contributed by atoms with E-state index in [-0.39, 0.29) is 22.1 Å². The van der Waals surface area contributed by atoms with E-state index in [1.807, 2.05) is 18.2 Å². The molecule has 0 saturated carbocycles. The summed E-state index contributed by atoms with van der Waals surface area (Å²) in [5.41, 5.74) is 1.81. The number of para-hydroxylation sites is 2. The Morgan fingerprint density at radius 2 is 1.96 bits per heavy atom. The number of carboxylic acid groups (broad SMARTS) is 2. The van der Waals surface area contributed by atoms with Crippen LogP contribution in [0.5, 0.6) is 0 Å². The second-order valence-corrected chi connectivity index (χ2v) is 7.30. The van der Waals surface area contributed by atoms with Crippen molar-refractivity contribution in [1.82, 2.24) is 14.9 Å². The summed E-state index contributed by atoms with van der Waals surface area (Å²) in [6.07, 6.45) is 2.38. The Bertz CT molecular complexity index is 991. The number of fused-ring (bicyclic) bond motifs is 1. The summed E-state index contributed by atoms with van der Waals surface area (Å²) in [6.45, 7) is 0. The number of rotatable bonds is 6. The van der Waals surface area contributed by atoms with E-state index in [1.165, 1.54) is 12.3 Å². The molecule has 1 unspecified atom stereocenters. The van der Waals surface area contributed by atoms with E-state index < -0.39 is 23.9 Å². The van der Waals surface area contributed by atoms with E-state index in [2.05, 4.69) is 9.97 Å². The number of thioether (sulfide) groups is 1. The van der Waals surface area contributed by atoms with Crippen LogP contribution >= 0.6 is 24.0 Å². The molecule has 1 aromatic carbocycles. The molecule has 0 radical (unpaired) electrons. The highest BCUT2D eigenvalue weighted by Crippen LogP contribution is 2.34. The summed E-state index contributed by atoms with van der Waals surface area (Å²) in [5, 5.41) is 18.2.